The quantitative estimate of drug-likeness (QED) is 0.625. The van der Waals surface area contributed by atoms with Gasteiger partial charge in [0.1, 0.15) is 6.04 Å². The van der Waals surface area contributed by atoms with Crippen LogP contribution in [0.5, 0.6) is 0 Å². The van der Waals surface area contributed by atoms with Crippen molar-refractivity contribution >= 4 is 17.8 Å². The molecule has 2 atom stereocenters. The Hall–Kier alpha value is -3.08. The average Bonchev–Trinajstić information content (AvgIpc) is 3.18. The molecule has 4 amide bonds. The van der Waals surface area contributed by atoms with Gasteiger partial charge in [0.2, 0.25) is 5.91 Å². The molecule has 4 rings (SSSR count). The number of rotatable bonds is 6. The fraction of sp³-hybridized carbons (Fsp3) is 0.577. The minimum atomic E-state index is -4.66. The number of likely N-dealkylation sites (N-methyl/N-ethyl adjacent to an activating group) is 2. The Labute approximate surface area is 215 Å². The van der Waals surface area contributed by atoms with E-state index in [4.69, 9.17) is 0 Å². The van der Waals surface area contributed by atoms with Crippen molar-refractivity contribution < 1.29 is 27.6 Å². The third-order valence-electron chi connectivity index (χ3n) is 7.31. The minimum Gasteiger partial charge on any atom is -0.338 e. The average molecular weight is 522 g/mol. The van der Waals surface area contributed by atoms with Crippen LogP contribution in [0.2, 0.25) is 0 Å². The number of halogens is 3. The molecule has 0 bridgehead atoms. The smallest absolute Gasteiger partial charge is 0.338 e. The Bertz CT molecular complexity index is 1100. The van der Waals surface area contributed by atoms with Crippen LogP contribution in [0.3, 0.4) is 0 Å². The first-order valence-electron chi connectivity index (χ1n) is 12.7. The summed E-state index contributed by atoms with van der Waals surface area (Å²) in [6, 6.07) is 2.37. The highest BCUT2D eigenvalue weighted by Gasteiger charge is 2.49. The highest BCUT2D eigenvalue weighted by atomic mass is 19.4. The summed E-state index contributed by atoms with van der Waals surface area (Å²) in [7, 11) is 1.98. The molecule has 202 valence electrons. The number of nitrogens with zero attached hydrogens (tertiary/aromatic N) is 4. The number of hydrogen-bond donors (Lipinski definition) is 1. The highest BCUT2D eigenvalue weighted by molar-refractivity contribution is 6.03. The van der Waals surface area contributed by atoms with Gasteiger partial charge in [-0.1, -0.05) is 32.0 Å². The van der Waals surface area contributed by atoms with Crippen molar-refractivity contribution in [1.29, 1.82) is 0 Å². The highest BCUT2D eigenvalue weighted by Crippen LogP contribution is 2.42. The van der Waals surface area contributed by atoms with E-state index in [1.165, 1.54) is 28.0 Å². The third kappa shape index (κ3) is 5.18. The van der Waals surface area contributed by atoms with Crippen LogP contribution in [0, 0.1) is 5.92 Å². The van der Waals surface area contributed by atoms with E-state index in [0.29, 0.717) is 25.2 Å². The Morgan fingerprint density at radius 1 is 1.11 bits per heavy atom. The first-order valence-corrected chi connectivity index (χ1v) is 12.7. The van der Waals surface area contributed by atoms with Crippen molar-refractivity contribution in [1.82, 2.24) is 24.9 Å². The molecule has 2 unspecified atom stereocenters. The standard InChI is InChI=1S/C26H34F3N5O3/c1-5-33-20-15-34(19(14-16(2)3)23(35)32-12-10-31(4)11-13-32)24(36)21(20)22(30-25(33)37)17-8-6-7-9-18(17)26(27,28)29/h6-9,16,19,22H,5,10-15H2,1-4H3,(H,30,37). The van der Waals surface area contributed by atoms with E-state index in [0.717, 1.165) is 19.2 Å². The summed E-state index contributed by atoms with van der Waals surface area (Å²) in [6.07, 6.45) is -4.25. The topological polar surface area (TPSA) is 76.2 Å². The fourth-order valence-corrected chi connectivity index (χ4v) is 5.39. The molecule has 11 heteroatoms. The van der Waals surface area contributed by atoms with Crippen LogP contribution < -0.4 is 5.32 Å². The zero-order valence-electron chi connectivity index (χ0n) is 21.6. The lowest BCUT2D eigenvalue weighted by atomic mass is 9.91. The van der Waals surface area contributed by atoms with E-state index >= 15 is 0 Å². The molecule has 0 aromatic heterocycles. The number of hydrogen-bond acceptors (Lipinski definition) is 4. The first kappa shape index (κ1) is 27.0. The van der Waals surface area contributed by atoms with Crippen LogP contribution in [0.15, 0.2) is 35.5 Å². The van der Waals surface area contributed by atoms with Gasteiger partial charge in [0.25, 0.3) is 5.91 Å². The lowest BCUT2D eigenvalue weighted by molar-refractivity contribution is -0.144. The predicted octanol–water partition coefficient (Wildman–Crippen LogP) is 3.08. The first-order chi connectivity index (χ1) is 17.4. The second kappa shape index (κ2) is 10.4. The Morgan fingerprint density at radius 3 is 2.35 bits per heavy atom. The largest absolute Gasteiger partial charge is 0.416 e. The van der Waals surface area contributed by atoms with Crippen molar-refractivity contribution in [3.63, 3.8) is 0 Å². The second-order valence-electron chi connectivity index (χ2n) is 10.3. The molecule has 1 aromatic rings. The van der Waals surface area contributed by atoms with Crippen LogP contribution in [-0.2, 0) is 15.8 Å². The zero-order chi connectivity index (χ0) is 27.1. The summed E-state index contributed by atoms with van der Waals surface area (Å²) in [4.78, 5) is 47.3. The van der Waals surface area contributed by atoms with Gasteiger partial charge in [-0.15, -0.1) is 0 Å². The summed E-state index contributed by atoms with van der Waals surface area (Å²) < 4.78 is 41.7. The molecule has 8 nitrogen and oxygen atoms in total. The van der Waals surface area contributed by atoms with Crippen molar-refractivity contribution in [3.8, 4) is 0 Å². The molecule has 1 saturated heterocycles. The van der Waals surface area contributed by atoms with Crippen LogP contribution >= 0.6 is 0 Å². The van der Waals surface area contributed by atoms with Gasteiger partial charge in [-0.3, -0.25) is 14.5 Å². The SMILES string of the molecule is CCN1C(=O)NC(c2ccccc2C(F)(F)F)C2=C1CN(C(CC(C)C)C(=O)N1CCN(C)CC1)C2=O. The van der Waals surface area contributed by atoms with Crippen LogP contribution in [0.4, 0.5) is 18.0 Å². The van der Waals surface area contributed by atoms with Crippen molar-refractivity contribution in [2.75, 3.05) is 46.3 Å². The molecule has 0 radical (unpaired) electrons. The van der Waals surface area contributed by atoms with E-state index in [2.05, 4.69) is 10.2 Å². The minimum absolute atomic E-state index is 0.00300. The van der Waals surface area contributed by atoms with Crippen LogP contribution in [-0.4, -0.2) is 89.8 Å². The summed E-state index contributed by atoms with van der Waals surface area (Å²) in [5, 5.41) is 2.63. The Morgan fingerprint density at radius 2 is 1.76 bits per heavy atom. The molecule has 0 saturated carbocycles. The molecule has 1 N–H and O–H groups in total. The maximum Gasteiger partial charge on any atom is 0.416 e. The summed E-state index contributed by atoms with van der Waals surface area (Å²) in [6.45, 7) is 8.43. The fourth-order valence-electron chi connectivity index (χ4n) is 5.39. The van der Waals surface area contributed by atoms with E-state index < -0.39 is 35.8 Å². The maximum atomic E-state index is 13.9. The van der Waals surface area contributed by atoms with E-state index in [1.54, 1.807) is 11.8 Å². The summed E-state index contributed by atoms with van der Waals surface area (Å²) in [5.41, 5.74) is -0.639. The van der Waals surface area contributed by atoms with E-state index in [1.807, 2.05) is 20.9 Å². The Kier molecular flexibility index (Phi) is 7.55. The molecular weight excluding hydrogens is 487 g/mol. The lowest BCUT2D eigenvalue weighted by Gasteiger charge is -2.37. The molecule has 3 aliphatic rings. The van der Waals surface area contributed by atoms with Gasteiger partial charge in [0.15, 0.2) is 0 Å². The van der Waals surface area contributed by atoms with Crippen molar-refractivity contribution in [3.05, 3.63) is 46.7 Å². The summed E-state index contributed by atoms with van der Waals surface area (Å²) >= 11 is 0. The Balaban J connectivity index is 1.73. The second-order valence-corrected chi connectivity index (χ2v) is 10.3. The maximum absolute atomic E-state index is 13.9. The van der Waals surface area contributed by atoms with Gasteiger partial charge in [-0.2, -0.15) is 13.2 Å². The number of piperazine rings is 1. The molecule has 0 spiro atoms. The van der Waals surface area contributed by atoms with Gasteiger partial charge in [0.05, 0.1) is 29.4 Å². The van der Waals surface area contributed by atoms with Crippen LogP contribution in [0.25, 0.3) is 0 Å². The molecule has 1 fully saturated rings. The number of alkyl halides is 3. The van der Waals surface area contributed by atoms with Gasteiger partial charge in [-0.25, -0.2) is 4.79 Å². The number of carbonyl (C=O) groups excluding carboxylic acids is 3. The number of nitrogens with one attached hydrogen (secondary N) is 1. The number of carbonyl (C=O) groups is 3. The zero-order valence-corrected chi connectivity index (χ0v) is 21.6. The third-order valence-corrected chi connectivity index (χ3v) is 7.31. The van der Waals surface area contributed by atoms with Crippen molar-refractivity contribution in [2.24, 2.45) is 5.92 Å². The van der Waals surface area contributed by atoms with Gasteiger partial charge < -0.3 is 20.0 Å². The van der Waals surface area contributed by atoms with Gasteiger partial charge in [-0.05, 0) is 37.9 Å². The predicted molar refractivity (Wildman–Crippen MR) is 131 cm³/mol. The lowest BCUT2D eigenvalue weighted by Crippen LogP contribution is -2.55. The molecule has 37 heavy (non-hydrogen) atoms. The molecule has 1 aromatic carbocycles. The van der Waals surface area contributed by atoms with Gasteiger partial charge >= 0.3 is 12.2 Å². The number of urea groups is 1. The molecule has 0 aliphatic carbocycles. The van der Waals surface area contributed by atoms with Gasteiger partial charge in [0, 0.05) is 32.7 Å². The molecule has 3 heterocycles. The van der Waals surface area contributed by atoms with E-state index in [-0.39, 0.29) is 36.1 Å². The normalized spacial score (nSPS) is 22.1. The molecular formula is C26H34F3N5O3. The monoisotopic (exact) mass is 521 g/mol. The number of amides is 4. The summed E-state index contributed by atoms with van der Waals surface area (Å²) in [5.74, 6) is -0.580. The van der Waals surface area contributed by atoms with Crippen LogP contribution in [0.1, 0.15) is 44.4 Å². The van der Waals surface area contributed by atoms with E-state index in [9.17, 15) is 27.6 Å². The van der Waals surface area contributed by atoms with Crippen molar-refractivity contribution in [2.45, 2.75) is 45.5 Å². The number of benzene rings is 1. The molecule has 3 aliphatic heterocycles.